The summed E-state index contributed by atoms with van der Waals surface area (Å²) in [5.74, 6) is -1.53. The van der Waals surface area contributed by atoms with Crippen molar-refractivity contribution in [2.45, 2.75) is 11.8 Å². The molecule has 0 saturated heterocycles. The van der Waals surface area contributed by atoms with Crippen LogP contribution in [0, 0.1) is 27.2 Å². The molecule has 10 heteroatoms. The second-order valence-corrected chi connectivity index (χ2v) is 4.44. The average Bonchev–Trinajstić information content (AvgIpc) is 2.30. The first-order valence-electron chi connectivity index (χ1n) is 4.67. The van der Waals surface area contributed by atoms with Gasteiger partial charge in [-0.2, -0.15) is 0 Å². The third-order valence-electron chi connectivity index (χ3n) is 2.03. The van der Waals surface area contributed by atoms with Crippen LogP contribution < -0.4 is 4.74 Å². The van der Waals surface area contributed by atoms with E-state index >= 15 is 0 Å². The van der Waals surface area contributed by atoms with Crippen molar-refractivity contribution in [2.24, 2.45) is 0 Å². The predicted octanol–water partition coefficient (Wildman–Crippen LogP) is 2.52. The van der Waals surface area contributed by atoms with Crippen LogP contribution in [-0.4, -0.2) is 20.7 Å². The number of carbonyl (C=O) groups is 1. The van der Waals surface area contributed by atoms with E-state index in [-0.39, 0.29) is 5.56 Å². The van der Waals surface area contributed by atoms with Crippen LogP contribution >= 0.6 is 23.2 Å². The zero-order valence-corrected chi connectivity index (χ0v) is 10.8. The fraction of sp³-hybridized carbons (Fsp3) is 0.222. The molecule has 0 spiro atoms. The molecule has 1 aromatic carbocycles. The number of carbonyl (C=O) groups excluding carboxylic acids is 1. The van der Waals surface area contributed by atoms with E-state index in [0.717, 1.165) is 6.07 Å². The van der Waals surface area contributed by atoms with E-state index in [1.54, 1.807) is 0 Å². The number of rotatable bonds is 4. The zero-order chi connectivity index (χ0) is 14.7. The number of hydrogen-bond acceptors (Lipinski definition) is 6. The molecule has 1 aromatic rings. The second kappa shape index (κ2) is 5.81. The Hall–Kier alpha value is -1.93. The highest BCUT2D eigenvalue weighted by Crippen LogP contribution is 2.35. The lowest BCUT2D eigenvalue weighted by atomic mass is 10.1. The van der Waals surface area contributed by atoms with Crippen molar-refractivity contribution < 1.29 is 19.4 Å². The molecule has 0 unspecified atom stereocenters. The molecule has 0 aliphatic rings. The standard InChI is InChI=1S/C9H6Cl2N2O6/c1-4-2-5(12(15)16)3-6(13(17)18)7(4)19-9(14)8(10)11/h2-3,8H,1H3. The molecule has 0 bridgehead atoms. The molecule has 0 fully saturated rings. The van der Waals surface area contributed by atoms with Crippen LogP contribution in [0.15, 0.2) is 12.1 Å². The van der Waals surface area contributed by atoms with Gasteiger partial charge in [0.1, 0.15) is 0 Å². The van der Waals surface area contributed by atoms with E-state index in [4.69, 9.17) is 23.2 Å². The van der Waals surface area contributed by atoms with Gasteiger partial charge in [0, 0.05) is 11.6 Å². The van der Waals surface area contributed by atoms with Crippen LogP contribution in [0.4, 0.5) is 11.4 Å². The van der Waals surface area contributed by atoms with Gasteiger partial charge in [0.2, 0.25) is 10.6 Å². The number of ether oxygens (including phenoxy) is 1. The van der Waals surface area contributed by atoms with Gasteiger partial charge in [-0.3, -0.25) is 20.2 Å². The second-order valence-electron chi connectivity index (χ2n) is 3.35. The van der Waals surface area contributed by atoms with Crippen LogP contribution in [0.5, 0.6) is 5.75 Å². The van der Waals surface area contributed by atoms with Crippen LogP contribution in [0.2, 0.25) is 0 Å². The third-order valence-corrected chi connectivity index (χ3v) is 2.38. The molecular formula is C9H6Cl2N2O6. The Bertz CT molecular complexity index is 560. The smallest absolute Gasteiger partial charge is 0.345 e. The van der Waals surface area contributed by atoms with E-state index in [1.165, 1.54) is 6.92 Å². The quantitative estimate of drug-likeness (QED) is 0.278. The maximum Gasteiger partial charge on any atom is 0.345 e. The number of nitro groups is 2. The molecule has 0 amide bonds. The molecular weight excluding hydrogens is 303 g/mol. The number of benzene rings is 1. The lowest BCUT2D eigenvalue weighted by molar-refractivity contribution is -0.394. The summed E-state index contributed by atoms with van der Waals surface area (Å²) >= 11 is 10.5. The van der Waals surface area contributed by atoms with Gasteiger partial charge >= 0.3 is 11.7 Å². The molecule has 0 aromatic heterocycles. The summed E-state index contributed by atoms with van der Waals surface area (Å²) in [6, 6.07) is 1.72. The van der Waals surface area contributed by atoms with Crippen LogP contribution in [0.3, 0.4) is 0 Å². The van der Waals surface area contributed by atoms with Crippen molar-refractivity contribution in [2.75, 3.05) is 0 Å². The van der Waals surface area contributed by atoms with Crippen molar-refractivity contribution in [3.63, 3.8) is 0 Å². The van der Waals surface area contributed by atoms with Gasteiger partial charge in [0.15, 0.2) is 0 Å². The first-order valence-corrected chi connectivity index (χ1v) is 5.54. The number of halogens is 2. The van der Waals surface area contributed by atoms with E-state index in [0.29, 0.717) is 6.07 Å². The summed E-state index contributed by atoms with van der Waals surface area (Å²) in [5.41, 5.74) is -1.16. The number of aryl methyl sites for hydroxylation is 1. The number of non-ortho nitro benzene ring substituents is 1. The van der Waals surface area contributed by atoms with Crippen LogP contribution in [0.1, 0.15) is 5.56 Å². The number of alkyl halides is 2. The Morgan fingerprint density at radius 1 is 1.26 bits per heavy atom. The number of nitro benzene ring substituents is 2. The van der Waals surface area contributed by atoms with E-state index in [2.05, 4.69) is 4.74 Å². The van der Waals surface area contributed by atoms with Gasteiger partial charge in [0.25, 0.3) is 5.69 Å². The normalized spacial score (nSPS) is 10.3. The van der Waals surface area contributed by atoms with Crippen molar-refractivity contribution >= 4 is 40.5 Å². The number of nitrogens with zero attached hydrogens (tertiary/aromatic N) is 2. The summed E-state index contributed by atoms with van der Waals surface area (Å²) in [6.45, 7) is 1.32. The summed E-state index contributed by atoms with van der Waals surface area (Å²) < 4.78 is 4.67. The SMILES string of the molecule is Cc1cc([N+](=O)[O-])cc([N+](=O)[O-])c1OC(=O)C(Cl)Cl. The topological polar surface area (TPSA) is 113 Å². The minimum atomic E-state index is -1.52. The highest BCUT2D eigenvalue weighted by Gasteiger charge is 2.27. The fourth-order valence-electron chi connectivity index (χ4n) is 1.26. The Morgan fingerprint density at radius 3 is 2.26 bits per heavy atom. The maximum atomic E-state index is 11.2. The molecule has 0 atom stereocenters. The molecule has 0 aliphatic heterocycles. The van der Waals surface area contributed by atoms with Gasteiger partial charge in [-0.25, -0.2) is 4.79 Å². The third kappa shape index (κ3) is 3.52. The highest BCUT2D eigenvalue weighted by molar-refractivity contribution is 6.53. The lowest BCUT2D eigenvalue weighted by Crippen LogP contribution is -2.17. The number of esters is 1. The summed E-state index contributed by atoms with van der Waals surface area (Å²) in [6.07, 6.45) is 0. The Balaban J connectivity index is 3.34. The molecule has 0 heterocycles. The van der Waals surface area contributed by atoms with Crippen LogP contribution in [-0.2, 0) is 4.79 Å². The van der Waals surface area contributed by atoms with E-state index in [9.17, 15) is 25.0 Å². The van der Waals surface area contributed by atoms with Crippen LogP contribution in [0.25, 0.3) is 0 Å². The zero-order valence-electron chi connectivity index (χ0n) is 9.33. The maximum absolute atomic E-state index is 11.2. The average molecular weight is 309 g/mol. The molecule has 0 aliphatic carbocycles. The van der Waals surface area contributed by atoms with Gasteiger partial charge in [-0.1, -0.05) is 23.2 Å². The molecule has 19 heavy (non-hydrogen) atoms. The first-order chi connectivity index (χ1) is 8.73. The monoisotopic (exact) mass is 308 g/mol. The molecule has 0 N–H and O–H groups in total. The van der Waals surface area contributed by atoms with E-state index in [1.807, 2.05) is 0 Å². The largest absolute Gasteiger partial charge is 0.417 e. The Morgan fingerprint density at radius 2 is 1.84 bits per heavy atom. The Kier molecular flexibility index (Phi) is 4.62. The summed E-state index contributed by atoms with van der Waals surface area (Å²) in [4.78, 5) is 29.4. The Labute approximate surface area is 116 Å². The lowest BCUT2D eigenvalue weighted by Gasteiger charge is -2.08. The van der Waals surface area contributed by atoms with Gasteiger partial charge in [-0.15, -0.1) is 0 Å². The van der Waals surface area contributed by atoms with Crippen molar-refractivity contribution in [3.05, 3.63) is 37.9 Å². The van der Waals surface area contributed by atoms with Crippen molar-refractivity contribution in [1.29, 1.82) is 0 Å². The summed E-state index contributed by atoms with van der Waals surface area (Å²) in [7, 11) is 0. The van der Waals surface area contributed by atoms with Crippen molar-refractivity contribution in [1.82, 2.24) is 0 Å². The van der Waals surface area contributed by atoms with Gasteiger partial charge in [-0.05, 0) is 6.92 Å². The fourth-order valence-corrected chi connectivity index (χ4v) is 1.34. The van der Waals surface area contributed by atoms with Gasteiger partial charge < -0.3 is 4.74 Å². The molecule has 8 nitrogen and oxygen atoms in total. The van der Waals surface area contributed by atoms with E-state index < -0.39 is 37.8 Å². The highest BCUT2D eigenvalue weighted by atomic mass is 35.5. The predicted molar refractivity (Wildman–Crippen MR) is 65.6 cm³/mol. The van der Waals surface area contributed by atoms with Gasteiger partial charge in [0.05, 0.1) is 15.9 Å². The minimum absolute atomic E-state index is 0.0447. The van der Waals surface area contributed by atoms with Crippen molar-refractivity contribution in [3.8, 4) is 5.75 Å². The number of hydrogen-bond donors (Lipinski definition) is 0. The molecule has 0 saturated carbocycles. The summed E-state index contributed by atoms with van der Waals surface area (Å²) in [5, 5.41) is 21.4. The molecule has 0 radical (unpaired) electrons. The first kappa shape index (κ1) is 15.1. The molecule has 1 rings (SSSR count). The molecule has 102 valence electrons. The minimum Gasteiger partial charge on any atom is -0.417 e.